The summed E-state index contributed by atoms with van der Waals surface area (Å²) in [5.74, 6) is 0.251. The van der Waals surface area contributed by atoms with Crippen LogP contribution in [0, 0.1) is 0 Å². The van der Waals surface area contributed by atoms with Crippen LogP contribution >= 0.6 is 23.2 Å². The van der Waals surface area contributed by atoms with Gasteiger partial charge in [-0.25, -0.2) is 5.43 Å². The van der Waals surface area contributed by atoms with Crippen molar-refractivity contribution in [2.24, 2.45) is 5.10 Å². The number of nitrogens with zero attached hydrogens (tertiary/aromatic N) is 1. The Kier molecular flexibility index (Phi) is 5.76. The van der Waals surface area contributed by atoms with Crippen molar-refractivity contribution in [3.05, 3.63) is 76.3 Å². The molecule has 3 rings (SSSR count). The molecule has 6 heteroatoms. The van der Waals surface area contributed by atoms with Crippen LogP contribution in [-0.4, -0.2) is 18.2 Å². The van der Waals surface area contributed by atoms with Crippen LogP contribution in [0.2, 0.25) is 10.0 Å². The Morgan fingerprint density at radius 2 is 1.85 bits per heavy atom. The van der Waals surface area contributed by atoms with E-state index in [2.05, 4.69) is 10.5 Å². The Balaban J connectivity index is 1.62. The highest BCUT2D eigenvalue weighted by Crippen LogP contribution is 2.24. The van der Waals surface area contributed by atoms with E-state index in [1.165, 1.54) is 6.21 Å². The molecule has 1 atom stereocenters. The van der Waals surface area contributed by atoms with Gasteiger partial charge in [0.2, 0.25) is 0 Å². The third kappa shape index (κ3) is 4.34. The van der Waals surface area contributed by atoms with Crippen LogP contribution in [0.1, 0.15) is 12.5 Å². The van der Waals surface area contributed by atoms with E-state index in [0.717, 1.165) is 10.8 Å². The second-order valence-electron chi connectivity index (χ2n) is 5.65. The summed E-state index contributed by atoms with van der Waals surface area (Å²) in [5.41, 5.74) is 3.05. The number of nitrogens with one attached hydrogen (secondary N) is 1. The number of carbonyl (C=O) groups excluding carboxylic acids is 1. The highest BCUT2D eigenvalue weighted by atomic mass is 35.5. The standard InChI is InChI=1S/C20H16Cl2N2O2/c1-13(26-17-10-9-14-5-2-3-6-15(14)11-17)20(25)24-23-12-16-7-4-8-18(21)19(16)22/h2-13H,1H3,(H,24,25)/b23-12+. The van der Waals surface area contributed by atoms with Crippen LogP contribution in [-0.2, 0) is 4.79 Å². The highest BCUT2D eigenvalue weighted by molar-refractivity contribution is 6.43. The molecule has 0 saturated heterocycles. The number of carbonyl (C=O) groups is 1. The first-order valence-corrected chi connectivity index (χ1v) is 8.72. The van der Waals surface area contributed by atoms with Crippen molar-refractivity contribution in [1.29, 1.82) is 0 Å². The number of amides is 1. The first-order chi connectivity index (χ1) is 12.5. The Bertz CT molecular complexity index is 973. The molecule has 3 aromatic rings. The normalized spacial score (nSPS) is 12.3. The van der Waals surface area contributed by atoms with E-state index >= 15 is 0 Å². The van der Waals surface area contributed by atoms with Crippen molar-refractivity contribution in [3.63, 3.8) is 0 Å². The lowest BCUT2D eigenvalue weighted by molar-refractivity contribution is -0.127. The summed E-state index contributed by atoms with van der Waals surface area (Å²) in [5, 5.41) is 6.87. The van der Waals surface area contributed by atoms with E-state index in [4.69, 9.17) is 27.9 Å². The molecular formula is C20H16Cl2N2O2. The van der Waals surface area contributed by atoms with Crippen LogP contribution in [0.4, 0.5) is 0 Å². The van der Waals surface area contributed by atoms with E-state index in [0.29, 0.717) is 21.4 Å². The minimum absolute atomic E-state index is 0.368. The average Bonchev–Trinajstić information content (AvgIpc) is 2.65. The predicted octanol–water partition coefficient (Wildman–Crippen LogP) is 5.06. The lowest BCUT2D eigenvalue weighted by Gasteiger charge is -2.13. The smallest absolute Gasteiger partial charge is 0.280 e. The molecule has 0 saturated carbocycles. The number of halogens is 2. The summed E-state index contributed by atoms with van der Waals surface area (Å²) < 4.78 is 5.70. The molecule has 0 aliphatic heterocycles. The van der Waals surface area contributed by atoms with Crippen molar-refractivity contribution < 1.29 is 9.53 Å². The molecule has 0 spiro atoms. The van der Waals surface area contributed by atoms with Gasteiger partial charge in [0, 0.05) is 5.56 Å². The number of fused-ring (bicyclic) bond motifs is 1. The minimum Gasteiger partial charge on any atom is -0.481 e. The molecule has 1 unspecified atom stereocenters. The van der Waals surface area contributed by atoms with Gasteiger partial charge in [0.05, 0.1) is 16.3 Å². The molecule has 3 aromatic carbocycles. The summed E-state index contributed by atoms with van der Waals surface area (Å²) in [6.07, 6.45) is 0.734. The van der Waals surface area contributed by atoms with Gasteiger partial charge in [-0.2, -0.15) is 5.10 Å². The number of hydrazone groups is 1. The first-order valence-electron chi connectivity index (χ1n) is 7.97. The van der Waals surface area contributed by atoms with Crippen molar-refractivity contribution in [3.8, 4) is 5.75 Å². The number of hydrogen-bond acceptors (Lipinski definition) is 3. The van der Waals surface area contributed by atoms with E-state index in [1.54, 1.807) is 25.1 Å². The predicted molar refractivity (Wildman–Crippen MR) is 106 cm³/mol. The van der Waals surface area contributed by atoms with Crippen LogP contribution in [0.5, 0.6) is 5.75 Å². The molecule has 0 aliphatic carbocycles. The summed E-state index contributed by atoms with van der Waals surface area (Å²) >= 11 is 12.0. The van der Waals surface area contributed by atoms with Gasteiger partial charge in [0.1, 0.15) is 5.75 Å². The summed E-state index contributed by atoms with van der Waals surface area (Å²) in [6.45, 7) is 1.66. The molecule has 0 radical (unpaired) electrons. The molecule has 4 nitrogen and oxygen atoms in total. The van der Waals surface area contributed by atoms with Crippen LogP contribution in [0.15, 0.2) is 65.8 Å². The van der Waals surface area contributed by atoms with Gasteiger partial charge < -0.3 is 4.74 Å². The average molecular weight is 387 g/mol. The Labute approximate surface area is 161 Å². The van der Waals surface area contributed by atoms with Gasteiger partial charge in [0.25, 0.3) is 5.91 Å². The highest BCUT2D eigenvalue weighted by Gasteiger charge is 2.14. The topological polar surface area (TPSA) is 50.7 Å². The molecule has 132 valence electrons. The summed E-state index contributed by atoms with van der Waals surface area (Å²) in [6, 6.07) is 18.8. The van der Waals surface area contributed by atoms with E-state index in [1.807, 2.05) is 42.5 Å². The van der Waals surface area contributed by atoms with Crippen molar-refractivity contribution in [2.45, 2.75) is 13.0 Å². The fourth-order valence-electron chi connectivity index (χ4n) is 2.37. The lowest BCUT2D eigenvalue weighted by Crippen LogP contribution is -2.33. The molecule has 0 heterocycles. The molecule has 0 aromatic heterocycles. The number of benzene rings is 3. The van der Waals surface area contributed by atoms with Crippen molar-refractivity contribution in [2.75, 3.05) is 0 Å². The molecule has 26 heavy (non-hydrogen) atoms. The van der Waals surface area contributed by atoms with Gasteiger partial charge in [-0.1, -0.05) is 65.7 Å². The first kappa shape index (κ1) is 18.2. The van der Waals surface area contributed by atoms with Gasteiger partial charge in [0.15, 0.2) is 6.10 Å². The van der Waals surface area contributed by atoms with Crippen molar-refractivity contribution >= 4 is 46.1 Å². The lowest BCUT2D eigenvalue weighted by atomic mass is 10.1. The zero-order valence-electron chi connectivity index (χ0n) is 13.9. The largest absolute Gasteiger partial charge is 0.481 e. The maximum atomic E-state index is 12.1. The minimum atomic E-state index is -0.705. The zero-order valence-corrected chi connectivity index (χ0v) is 15.5. The number of rotatable bonds is 5. The van der Waals surface area contributed by atoms with Crippen LogP contribution in [0.3, 0.4) is 0 Å². The third-order valence-electron chi connectivity index (χ3n) is 3.76. The fraction of sp³-hybridized carbons (Fsp3) is 0.100. The van der Waals surface area contributed by atoms with E-state index in [-0.39, 0.29) is 5.91 Å². The molecule has 0 aliphatic rings. The van der Waals surface area contributed by atoms with E-state index < -0.39 is 6.10 Å². The number of hydrogen-bond donors (Lipinski definition) is 1. The maximum absolute atomic E-state index is 12.1. The Morgan fingerprint density at radius 3 is 2.65 bits per heavy atom. The molecule has 1 N–H and O–H groups in total. The molecule has 1 amide bonds. The molecule has 0 fully saturated rings. The third-order valence-corrected chi connectivity index (χ3v) is 4.60. The SMILES string of the molecule is CC(Oc1ccc2ccccc2c1)C(=O)N/N=C/c1cccc(Cl)c1Cl. The number of ether oxygens (including phenoxy) is 1. The second-order valence-corrected chi connectivity index (χ2v) is 6.43. The van der Waals surface area contributed by atoms with Gasteiger partial charge in [-0.05, 0) is 35.9 Å². The molecular weight excluding hydrogens is 371 g/mol. The van der Waals surface area contributed by atoms with Crippen molar-refractivity contribution in [1.82, 2.24) is 5.43 Å². The quantitative estimate of drug-likeness (QED) is 0.491. The summed E-state index contributed by atoms with van der Waals surface area (Å²) in [4.78, 5) is 12.1. The monoisotopic (exact) mass is 386 g/mol. The van der Waals surface area contributed by atoms with Gasteiger partial charge in [-0.15, -0.1) is 0 Å². The van der Waals surface area contributed by atoms with Gasteiger partial charge >= 0.3 is 0 Å². The Morgan fingerprint density at radius 1 is 1.08 bits per heavy atom. The van der Waals surface area contributed by atoms with Crippen LogP contribution < -0.4 is 10.2 Å². The fourth-order valence-corrected chi connectivity index (χ4v) is 2.73. The Hall–Kier alpha value is -2.56. The van der Waals surface area contributed by atoms with Crippen LogP contribution in [0.25, 0.3) is 10.8 Å². The summed E-state index contributed by atoms with van der Waals surface area (Å²) in [7, 11) is 0. The zero-order chi connectivity index (χ0) is 18.5. The maximum Gasteiger partial charge on any atom is 0.280 e. The second kappa shape index (κ2) is 8.21. The molecule has 0 bridgehead atoms. The van der Waals surface area contributed by atoms with E-state index in [9.17, 15) is 4.79 Å². The van der Waals surface area contributed by atoms with Gasteiger partial charge in [-0.3, -0.25) is 4.79 Å².